The van der Waals surface area contributed by atoms with E-state index in [9.17, 15) is 0 Å². The van der Waals surface area contributed by atoms with E-state index in [-0.39, 0.29) is 0 Å². The van der Waals surface area contributed by atoms with Crippen LogP contribution >= 0.6 is 0 Å². The van der Waals surface area contributed by atoms with Gasteiger partial charge in [0.25, 0.3) is 0 Å². The number of benzene rings is 1. The number of allylic oxidation sites excluding steroid dienone is 2. The quantitative estimate of drug-likeness (QED) is 0.311. The van der Waals surface area contributed by atoms with Crippen molar-refractivity contribution in [2.45, 2.75) is 71.1 Å². The van der Waals surface area contributed by atoms with Gasteiger partial charge in [0.1, 0.15) is 6.61 Å². The second-order valence-electron chi connectivity index (χ2n) is 7.03. The van der Waals surface area contributed by atoms with Gasteiger partial charge in [0.2, 0.25) is 5.90 Å². The second kappa shape index (κ2) is 13.4. The Morgan fingerprint density at radius 1 is 0.962 bits per heavy atom. The number of unbranched alkanes of at least 4 members (excludes halogenated alkanes) is 8. The van der Waals surface area contributed by atoms with Gasteiger partial charge in [0.15, 0.2) is 0 Å². The molecule has 3 nitrogen and oxygen atoms in total. The van der Waals surface area contributed by atoms with Gasteiger partial charge in [-0.1, -0.05) is 69.7 Å². The summed E-state index contributed by atoms with van der Waals surface area (Å²) in [5, 5.41) is 3.53. The summed E-state index contributed by atoms with van der Waals surface area (Å²) in [6.45, 7) is 4.73. The molecule has 1 aromatic carbocycles. The average molecular weight is 357 g/mol. The highest BCUT2D eigenvalue weighted by atomic mass is 16.5. The van der Waals surface area contributed by atoms with E-state index in [1.54, 1.807) is 0 Å². The molecule has 1 heterocycles. The molecule has 3 heteroatoms. The summed E-state index contributed by atoms with van der Waals surface area (Å²) >= 11 is 0. The third-order valence-corrected chi connectivity index (χ3v) is 4.75. The molecule has 0 bridgehead atoms. The van der Waals surface area contributed by atoms with Crippen molar-refractivity contribution >= 4 is 11.6 Å². The Hall–Kier alpha value is -1.77. The van der Waals surface area contributed by atoms with Crippen LogP contribution in [0.15, 0.2) is 41.4 Å². The van der Waals surface area contributed by atoms with E-state index < -0.39 is 0 Å². The predicted molar refractivity (Wildman–Crippen MR) is 113 cm³/mol. The maximum Gasteiger partial charge on any atom is 0.218 e. The van der Waals surface area contributed by atoms with Crippen LogP contribution in [-0.4, -0.2) is 25.6 Å². The highest BCUT2D eigenvalue weighted by Gasteiger charge is 2.13. The zero-order chi connectivity index (χ0) is 18.3. The zero-order valence-corrected chi connectivity index (χ0v) is 16.5. The summed E-state index contributed by atoms with van der Waals surface area (Å²) in [7, 11) is 0. The lowest BCUT2D eigenvalue weighted by atomic mass is 10.1. The van der Waals surface area contributed by atoms with E-state index in [2.05, 4.69) is 47.6 Å². The zero-order valence-electron chi connectivity index (χ0n) is 16.5. The molecule has 0 saturated carbocycles. The molecule has 0 amide bonds. The molecule has 2 rings (SSSR count). The first-order valence-electron chi connectivity index (χ1n) is 10.6. The largest absolute Gasteiger partial charge is 0.475 e. The molecule has 144 valence electrons. The molecule has 0 unspecified atom stereocenters. The maximum absolute atomic E-state index is 5.60. The molecule has 0 atom stereocenters. The van der Waals surface area contributed by atoms with Crippen LogP contribution in [-0.2, 0) is 4.74 Å². The molecule has 0 aromatic heterocycles. The van der Waals surface area contributed by atoms with E-state index in [4.69, 9.17) is 4.74 Å². The molecule has 0 radical (unpaired) electrons. The van der Waals surface area contributed by atoms with Crippen LogP contribution < -0.4 is 5.32 Å². The van der Waals surface area contributed by atoms with Gasteiger partial charge in [0, 0.05) is 12.2 Å². The van der Waals surface area contributed by atoms with Crippen molar-refractivity contribution in [1.82, 2.24) is 0 Å². The number of anilines is 1. The molecule has 1 aliphatic heterocycles. The second-order valence-corrected chi connectivity index (χ2v) is 7.03. The summed E-state index contributed by atoms with van der Waals surface area (Å²) in [6, 6.07) is 8.28. The summed E-state index contributed by atoms with van der Waals surface area (Å²) < 4.78 is 5.60. The Labute approximate surface area is 159 Å². The van der Waals surface area contributed by atoms with Crippen LogP contribution in [0.4, 0.5) is 5.69 Å². The highest BCUT2D eigenvalue weighted by molar-refractivity contribution is 6.00. The first-order chi connectivity index (χ1) is 12.9. The van der Waals surface area contributed by atoms with Crippen molar-refractivity contribution < 1.29 is 4.74 Å². The molecule has 1 N–H and O–H groups in total. The van der Waals surface area contributed by atoms with Gasteiger partial charge < -0.3 is 10.1 Å². The van der Waals surface area contributed by atoms with Gasteiger partial charge in [-0.05, 0) is 37.8 Å². The van der Waals surface area contributed by atoms with E-state index >= 15 is 0 Å². The fraction of sp³-hybridized carbons (Fsp3) is 0.609. The van der Waals surface area contributed by atoms with Crippen LogP contribution in [0.2, 0.25) is 0 Å². The van der Waals surface area contributed by atoms with Gasteiger partial charge in [0.05, 0.1) is 12.1 Å². The molecular formula is C23H36N2O. The van der Waals surface area contributed by atoms with Crippen molar-refractivity contribution in [1.29, 1.82) is 0 Å². The monoisotopic (exact) mass is 356 g/mol. The first-order valence-corrected chi connectivity index (χ1v) is 10.6. The number of hydrogen-bond acceptors (Lipinski definition) is 3. The van der Waals surface area contributed by atoms with E-state index in [0.29, 0.717) is 6.61 Å². The summed E-state index contributed by atoms with van der Waals surface area (Å²) in [6.07, 6.45) is 18.0. The van der Waals surface area contributed by atoms with Crippen LogP contribution in [0.3, 0.4) is 0 Å². The Morgan fingerprint density at radius 2 is 1.69 bits per heavy atom. The Bertz CT molecular complexity index is 551. The van der Waals surface area contributed by atoms with Gasteiger partial charge in [-0.25, -0.2) is 4.99 Å². The molecule has 0 spiro atoms. The van der Waals surface area contributed by atoms with E-state index in [1.807, 2.05) is 6.07 Å². The SMILES string of the molecule is CCCCCCCCC/C=C/CCCNc1ccccc1C1=NCCO1. The number of aliphatic imine (C=N–C) groups is 1. The number of hydrogen-bond donors (Lipinski definition) is 1. The molecule has 26 heavy (non-hydrogen) atoms. The van der Waals surface area contributed by atoms with Crippen molar-refractivity contribution in [3.05, 3.63) is 42.0 Å². The van der Waals surface area contributed by atoms with Gasteiger partial charge in [-0.15, -0.1) is 0 Å². The topological polar surface area (TPSA) is 33.6 Å². The number of nitrogens with zero attached hydrogens (tertiary/aromatic N) is 1. The number of rotatable bonds is 14. The van der Waals surface area contributed by atoms with Crippen LogP contribution in [0, 0.1) is 0 Å². The van der Waals surface area contributed by atoms with E-state index in [1.165, 1.54) is 51.4 Å². The standard InChI is InChI=1S/C23H36N2O/c1-2-3-4-5-6-7-8-9-10-11-12-15-18-24-22-17-14-13-16-21(22)23-25-19-20-26-23/h10-11,13-14,16-17,24H,2-9,12,15,18-20H2,1H3/b11-10+. The summed E-state index contributed by atoms with van der Waals surface area (Å²) in [4.78, 5) is 4.42. The third-order valence-electron chi connectivity index (χ3n) is 4.75. The van der Waals surface area contributed by atoms with Crippen molar-refractivity contribution in [2.75, 3.05) is 25.0 Å². The number of ether oxygens (including phenoxy) is 1. The first kappa shape index (κ1) is 20.5. The fourth-order valence-electron chi connectivity index (χ4n) is 3.22. The van der Waals surface area contributed by atoms with Crippen molar-refractivity contribution in [2.24, 2.45) is 4.99 Å². The Morgan fingerprint density at radius 3 is 2.46 bits per heavy atom. The Kier molecular flexibility index (Phi) is 10.6. The van der Waals surface area contributed by atoms with E-state index in [0.717, 1.165) is 43.1 Å². The highest BCUT2D eigenvalue weighted by Crippen LogP contribution is 2.18. The summed E-state index contributed by atoms with van der Waals surface area (Å²) in [5.41, 5.74) is 2.21. The smallest absolute Gasteiger partial charge is 0.218 e. The molecule has 0 aliphatic carbocycles. The number of nitrogens with one attached hydrogen (secondary N) is 1. The Balaban J connectivity index is 1.52. The molecule has 1 aliphatic rings. The minimum absolute atomic E-state index is 0.702. The van der Waals surface area contributed by atoms with Gasteiger partial charge >= 0.3 is 0 Å². The van der Waals surface area contributed by atoms with Crippen LogP contribution in [0.25, 0.3) is 0 Å². The van der Waals surface area contributed by atoms with Crippen LogP contribution in [0.5, 0.6) is 0 Å². The maximum atomic E-state index is 5.60. The van der Waals surface area contributed by atoms with Crippen LogP contribution in [0.1, 0.15) is 76.7 Å². The number of para-hydroxylation sites is 1. The lowest BCUT2D eigenvalue weighted by molar-refractivity contribution is 0.348. The minimum atomic E-state index is 0.702. The van der Waals surface area contributed by atoms with Crippen molar-refractivity contribution in [3.63, 3.8) is 0 Å². The molecule has 0 saturated heterocycles. The van der Waals surface area contributed by atoms with Gasteiger partial charge in [-0.2, -0.15) is 0 Å². The normalized spacial score (nSPS) is 13.8. The average Bonchev–Trinajstić information content (AvgIpc) is 3.20. The lowest BCUT2D eigenvalue weighted by Gasteiger charge is -2.11. The lowest BCUT2D eigenvalue weighted by Crippen LogP contribution is -2.08. The molecular weight excluding hydrogens is 320 g/mol. The summed E-state index contributed by atoms with van der Waals surface area (Å²) in [5.74, 6) is 0.780. The molecule has 1 aromatic rings. The fourth-order valence-corrected chi connectivity index (χ4v) is 3.22. The third kappa shape index (κ3) is 8.07. The van der Waals surface area contributed by atoms with Gasteiger partial charge in [-0.3, -0.25) is 0 Å². The van der Waals surface area contributed by atoms with Crippen molar-refractivity contribution in [3.8, 4) is 0 Å². The minimum Gasteiger partial charge on any atom is -0.475 e. The predicted octanol–water partition coefficient (Wildman–Crippen LogP) is 6.35. The molecule has 0 fully saturated rings.